The van der Waals surface area contributed by atoms with Gasteiger partial charge in [0.25, 0.3) is 5.56 Å². The molecule has 2 amide bonds. The lowest BCUT2D eigenvalue weighted by atomic mass is 10.1. The monoisotopic (exact) mass is 356 g/mol. The molecule has 132 valence electrons. The van der Waals surface area contributed by atoms with E-state index in [0.29, 0.717) is 33.7 Å². The number of nitrogens with zero attached hydrogens (tertiary/aromatic N) is 1. The molecule has 0 radical (unpaired) electrons. The van der Waals surface area contributed by atoms with Crippen molar-refractivity contribution < 1.29 is 4.79 Å². The van der Waals surface area contributed by atoms with E-state index in [9.17, 15) is 9.59 Å². The van der Waals surface area contributed by atoms with Crippen LogP contribution in [0, 0.1) is 0 Å². The second-order valence-electron chi connectivity index (χ2n) is 5.92. The molecule has 0 saturated heterocycles. The predicted molar refractivity (Wildman–Crippen MR) is 107 cm³/mol. The second-order valence-corrected chi connectivity index (χ2v) is 5.92. The molecule has 0 bridgehead atoms. The average molecular weight is 356 g/mol. The van der Waals surface area contributed by atoms with E-state index in [2.05, 4.69) is 20.6 Å². The summed E-state index contributed by atoms with van der Waals surface area (Å²) in [5.41, 5.74) is 2.23. The van der Waals surface area contributed by atoms with Crippen LogP contribution in [0.3, 0.4) is 0 Å². The average Bonchev–Trinajstić information content (AvgIpc) is 2.69. The van der Waals surface area contributed by atoms with E-state index in [1.807, 2.05) is 30.3 Å². The van der Waals surface area contributed by atoms with Crippen LogP contribution in [0.4, 0.5) is 16.2 Å². The smallest absolute Gasteiger partial charge is 0.308 e. The highest BCUT2D eigenvalue weighted by Gasteiger charge is 2.12. The van der Waals surface area contributed by atoms with Crippen molar-refractivity contribution in [1.29, 1.82) is 0 Å². The Morgan fingerprint density at radius 2 is 1.52 bits per heavy atom. The van der Waals surface area contributed by atoms with Crippen molar-refractivity contribution in [2.45, 2.75) is 0 Å². The van der Waals surface area contributed by atoms with Crippen LogP contribution in [0.25, 0.3) is 22.3 Å². The zero-order valence-corrected chi connectivity index (χ0v) is 14.3. The van der Waals surface area contributed by atoms with E-state index >= 15 is 0 Å². The van der Waals surface area contributed by atoms with E-state index in [4.69, 9.17) is 0 Å². The number of urea groups is 1. The number of anilines is 2. The molecule has 3 N–H and O–H groups in total. The number of para-hydroxylation sites is 3. The number of benzene rings is 3. The van der Waals surface area contributed by atoms with Crippen molar-refractivity contribution in [3.63, 3.8) is 0 Å². The van der Waals surface area contributed by atoms with E-state index in [1.54, 1.807) is 48.5 Å². The highest BCUT2D eigenvalue weighted by atomic mass is 16.2. The Hall–Kier alpha value is -3.93. The van der Waals surface area contributed by atoms with Crippen LogP contribution < -0.4 is 16.2 Å². The highest BCUT2D eigenvalue weighted by molar-refractivity contribution is 6.02. The standard InChI is InChI=1S/C21H16N4O2/c26-20-16-11-5-7-13-18(16)23-19(25-20)15-10-4-6-12-17(15)24-21(27)22-14-8-2-1-3-9-14/h1-13H,(H2,22,24,27)(H,23,25,26). The maximum absolute atomic E-state index is 12.4. The maximum atomic E-state index is 12.4. The molecule has 0 aliphatic carbocycles. The van der Waals surface area contributed by atoms with Gasteiger partial charge >= 0.3 is 6.03 Å². The molecule has 0 atom stereocenters. The molecular formula is C21H16N4O2. The Morgan fingerprint density at radius 1 is 0.815 bits per heavy atom. The lowest BCUT2D eigenvalue weighted by Crippen LogP contribution is -2.20. The number of carbonyl (C=O) groups is 1. The number of rotatable bonds is 3. The molecule has 6 nitrogen and oxygen atoms in total. The minimum absolute atomic E-state index is 0.223. The van der Waals surface area contributed by atoms with Gasteiger partial charge in [0.05, 0.1) is 16.6 Å². The molecule has 1 heterocycles. The van der Waals surface area contributed by atoms with Crippen LogP contribution in [-0.2, 0) is 0 Å². The number of amides is 2. The summed E-state index contributed by atoms with van der Waals surface area (Å²) in [6.07, 6.45) is 0. The zero-order valence-electron chi connectivity index (χ0n) is 14.3. The minimum Gasteiger partial charge on any atom is -0.308 e. The van der Waals surface area contributed by atoms with E-state index in [1.165, 1.54) is 0 Å². The molecule has 4 rings (SSSR count). The van der Waals surface area contributed by atoms with E-state index < -0.39 is 0 Å². The van der Waals surface area contributed by atoms with Crippen molar-refractivity contribution in [2.24, 2.45) is 0 Å². The van der Waals surface area contributed by atoms with Gasteiger partial charge in [0.15, 0.2) is 0 Å². The van der Waals surface area contributed by atoms with Crippen LogP contribution in [0.2, 0.25) is 0 Å². The third-order valence-electron chi connectivity index (χ3n) is 4.07. The molecule has 0 aliphatic heterocycles. The van der Waals surface area contributed by atoms with Crippen LogP contribution in [0.15, 0.2) is 83.7 Å². The van der Waals surface area contributed by atoms with Crippen molar-refractivity contribution in [2.75, 3.05) is 10.6 Å². The normalized spacial score (nSPS) is 10.5. The fourth-order valence-corrected chi connectivity index (χ4v) is 2.82. The summed E-state index contributed by atoms with van der Waals surface area (Å²) in [4.78, 5) is 32.0. The third-order valence-corrected chi connectivity index (χ3v) is 4.07. The molecule has 3 aromatic carbocycles. The summed E-state index contributed by atoms with van der Waals surface area (Å²) in [5, 5.41) is 6.10. The predicted octanol–water partition coefficient (Wildman–Crippen LogP) is 4.23. The van der Waals surface area contributed by atoms with Gasteiger partial charge in [0.1, 0.15) is 5.82 Å². The number of aromatic amines is 1. The van der Waals surface area contributed by atoms with Crippen LogP contribution in [0.1, 0.15) is 0 Å². The molecule has 0 saturated carbocycles. The Bertz CT molecular complexity index is 1170. The summed E-state index contributed by atoms with van der Waals surface area (Å²) in [7, 11) is 0. The molecule has 1 aromatic heterocycles. The molecule has 0 spiro atoms. The van der Waals surface area contributed by atoms with Crippen LogP contribution in [-0.4, -0.2) is 16.0 Å². The minimum atomic E-state index is -0.378. The number of carbonyl (C=O) groups excluding carboxylic acids is 1. The van der Waals surface area contributed by atoms with E-state index in [0.717, 1.165) is 0 Å². The lowest BCUT2D eigenvalue weighted by molar-refractivity contribution is 0.262. The lowest BCUT2D eigenvalue weighted by Gasteiger charge is -2.12. The molecule has 0 unspecified atom stereocenters. The van der Waals surface area contributed by atoms with Gasteiger partial charge in [-0.15, -0.1) is 0 Å². The van der Waals surface area contributed by atoms with Crippen molar-refractivity contribution in [3.8, 4) is 11.4 Å². The van der Waals surface area contributed by atoms with Gasteiger partial charge in [0.2, 0.25) is 0 Å². The first-order valence-corrected chi connectivity index (χ1v) is 8.42. The van der Waals surface area contributed by atoms with Crippen LogP contribution in [0.5, 0.6) is 0 Å². The Labute approximate surface area is 154 Å². The molecule has 0 fully saturated rings. The summed E-state index contributed by atoms with van der Waals surface area (Å²) in [5.74, 6) is 0.398. The van der Waals surface area contributed by atoms with Gasteiger partial charge in [-0.2, -0.15) is 0 Å². The Kier molecular flexibility index (Phi) is 4.37. The topological polar surface area (TPSA) is 86.9 Å². The highest BCUT2D eigenvalue weighted by Crippen LogP contribution is 2.25. The number of hydrogen-bond acceptors (Lipinski definition) is 3. The number of aromatic nitrogens is 2. The number of H-pyrrole nitrogens is 1. The second kappa shape index (κ2) is 7.13. The molecule has 27 heavy (non-hydrogen) atoms. The van der Waals surface area contributed by atoms with Gasteiger partial charge in [-0.1, -0.05) is 42.5 Å². The molecular weight excluding hydrogens is 340 g/mol. The van der Waals surface area contributed by atoms with Crippen molar-refractivity contribution in [3.05, 3.63) is 89.2 Å². The van der Waals surface area contributed by atoms with Gasteiger partial charge in [-0.25, -0.2) is 9.78 Å². The first-order chi connectivity index (χ1) is 13.2. The maximum Gasteiger partial charge on any atom is 0.323 e. The first kappa shape index (κ1) is 16.5. The molecule has 6 heteroatoms. The Balaban J connectivity index is 1.67. The summed E-state index contributed by atoms with van der Waals surface area (Å²) in [6.45, 7) is 0. The van der Waals surface area contributed by atoms with Crippen molar-refractivity contribution >= 4 is 28.3 Å². The number of hydrogen-bond donors (Lipinski definition) is 3. The summed E-state index contributed by atoms with van der Waals surface area (Å²) in [6, 6.07) is 23.1. The number of fused-ring (bicyclic) bond motifs is 1. The van der Waals surface area contributed by atoms with Gasteiger partial charge < -0.3 is 15.6 Å². The van der Waals surface area contributed by atoms with Crippen molar-refractivity contribution in [1.82, 2.24) is 9.97 Å². The molecule has 4 aromatic rings. The SMILES string of the molecule is O=C(Nc1ccccc1)Nc1ccccc1-c1nc2ccccc2c(=O)[nH]1. The van der Waals surface area contributed by atoms with E-state index in [-0.39, 0.29) is 11.6 Å². The fourth-order valence-electron chi connectivity index (χ4n) is 2.82. The number of nitrogens with one attached hydrogen (secondary N) is 3. The molecule has 0 aliphatic rings. The zero-order chi connectivity index (χ0) is 18.6. The van der Waals surface area contributed by atoms with Gasteiger partial charge in [-0.05, 0) is 36.4 Å². The fraction of sp³-hybridized carbons (Fsp3) is 0. The quantitative estimate of drug-likeness (QED) is 0.513. The van der Waals surface area contributed by atoms with Gasteiger partial charge in [0, 0.05) is 11.3 Å². The third kappa shape index (κ3) is 3.55. The van der Waals surface area contributed by atoms with Gasteiger partial charge in [-0.3, -0.25) is 4.79 Å². The first-order valence-electron chi connectivity index (χ1n) is 8.42. The summed E-state index contributed by atoms with van der Waals surface area (Å²) < 4.78 is 0. The Morgan fingerprint density at radius 3 is 2.37 bits per heavy atom. The summed E-state index contributed by atoms with van der Waals surface area (Å²) >= 11 is 0. The van der Waals surface area contributed by atoms with Crippen LogP contribution >= 0.6 is 0 Å². The largest absolute Gasteiger partial charge is 0.323 e.